The van der Waals surface area contributed by atoms with E-state index in [4.69, 9.17) is 5.11 Å². The van der Waals surface area contributed by atoms with Gasteiger partial charge in [0.2, 0.25) is 5.91 Å². The summed E-state index contributed by atoms with van der Waals surface area (Å²) in [6, 6.07) is 0. The highest BCUT2D eigenvalue weighted by Gasteiger charge is 2.25. The van der Waals surface area contributed by atoms with Crippen molar-refractivity contribution in [3.63, 3.8) is 0 Å². The topological polar surface area (TPSA) is 40.5 Å². The highest BCUT2D eigenvalue weighted by molar-refractivity contribution is 5.76. The molecule has 0 aromatic heterocycles. The van der Waals surface area contributed by atoms with Gasteiger partial charge in [0, 0.05) is 13.5 Å². The second kappa shape index (κ2) is 3.72. The summed E-state index contributed by atoms with van der Waals surface area (Å²) in [4.78, 5) is 12.7. The van der Waals surface area contributed by atoms with Gasteiger partial charge in [-0.15, -0.1) is 0 Å². The van der Waals surface area contributed by atoms with Crippen LogP contribution in [0.1, 0.15) is 27.2 Å². The summed E-state index contributed by atoms with van der Waals surface area (Å²) in [6.07, 6.45) is 0.486. The summed E-state index contributed by atoms with van der Waals surface area (Å²) in [5, 5.41) is 8.91. The molecule has 0 saturated carbocycles. The number of aliphatic hydroxyl groups is 1. The van der Waals surface area contributed by atoms with E-state index in [1.807, 2.05) is 20.8 Å². The number of hydrogen-bond donors (Lipinski definition) is 1. The third-order valence-corrected chi connectivity index (χ3v) is 1.97. The normalized spacial score (nSPS) is 11.4. The van der Waals surface area contributed by atoms with E-state index >= 15 is 0 Å². The maximum atomic E-state index is 11.1. The molecule has 0 aliphatic rings. The highest BCUT2D eigenvalue weighted by Crippen LogP contribution is 2.11. The van der Waals surface area contributed by atoms with Crippen LogP contribution in [-0.4, -0.2) is 35.1 Å². The smallest absolute Gasteiger partial charge is 0.222 e. The first-order valence-electron chi connectivity index (χ1n) is 3.83. The number of aliphatic hydroxyl groups excluding tert-OH is 1. The summed E-state index contributed by atoms with van der Waals surface area (Å²) in [5.74, 6) is 0.0593. The van der Waals surface area contributed by atoms with Gasteiger partial charge in [0.1, 0.15) is 0 Å². The Morgan fingerprint density at radius 3 is 2.27 bits per heavy atom. The minimum Gasteiger partial charge on any atom is -0.394 e. The molecular weight excluding hydrogens is 142 g/mol. The largest absolute Gasteiger partial charge is 0.394 e. The molecular formula is C8H17NO2. The van der Waals surface area contributed by atoms with Crippen molar-refractivity contribution in [2.24, 2.45) is 0 Å². The molecule has 3 nitrogen and oxygen atoms in total. The molecule has 3 heteroatoms. The number of nitrogens with zero attached hydrogens (tertiary/aromatic N) is 1. The van der Waals surface area contributed by atoms with Crippen molar-refractivity contribution in [2.75, 3.05) is 13.7 Å². The quantitative estimate of drug-likeness (QED) is 0.656. The number of carbonyl (C=O) groups is 1. The van der Waals surface area contributed by atoms with Crippen LogP contribution >= 0.6 is 0 Å². The van der Waals surface area contributed by atoms with Gasteiger partial charge >= 0.3 is 0 Å². The summed E-state index contributed by atoms with van der Waals surface area (Å²) >= 11 is 0. The fourth-order valence-electron chi connectivity index (χ4n) is 0.681. The lowest BCUT2D eigenvalue weighted by atomic mass is 10.1. The number of likely N-dealkylation sites (N-methyl/N-ethyl adjacent to an activating group) is 1. The molecule has 1 amide bonds. The van der Waals surface area contributed by atoms with Gasteiger partial charge in [-0.1, -0.05) is 6.92 Å². The number of carbonyl (C=O) groups excluding carboxylic acids is 1. The monoisotopic (exact) mass is 159 g/mol. The molecule has 66 valence electrons. The minimum absolute atomic E-state index is 0.00472. The van der Waals surface area contributed by atoms with Gasteiger partial charge in [0.25, 0.3) is 0 Å². The average molecular weight is 159 g/mol. The Labute approximate surface area is 68.0 Å². The van der Waals surface area contributed by atoms with Crippen LogP contribution in [0.4, 0.5) is 0 Å². The predicted octanol–water partition coefficient (Wildman–Crippen LogP) is 0.626. The first-order chi connectivity index (χ1) is 4.95. The number of rotatable bonds is 3. The molecule has 0 aromatic rings. The van der Waals surface area contributed by atoms with Gasteiger partial charge in [0.05, 0.1) is 12.1 Å². The van der Waals surface area contributed by atoms with Crippen molar-refractivity contribution in [1.29, 1.82) is 0 Å². The van der Waals surface area contributed by atoms with Crippen LogP contribution < -0.4 is 0 Å². The van der Waals surface area contributed by atoms with Crippen LogP contribution in [0.25, 0.3) is 0 Å². The van der Waals surface area contributed by atoms with Gasteiger partial charge in [-0.05, 0) is 13.8 Å². The maximum Gasteiger partial charge on any atom is 0.222 e. The van der Waals surface area contributed by atoms with Crippen LogP contribution in [-0.2, 0) is 4.79 Å². The van der Waals surface area contributed by atoms with Crippen molar-refractivity contribution < 1.29 is 9.90 Å². The third-order valence-electron chi connectivity index (χ3n) is 1.97. The Balaban J connectivity index is 4.22. The molecule has 0 aromatic carbocycles. The molecule has 0 aliphatic heterocycles. The van der Waals surface area contributed by atoms with Gasteiger partial charge in [-0.25, -0.2) is 0 Å². The molecule has 0 radical (unpaired) electrons. The average Bonchev–Trinajstić information content (AvgIpc) is 2.01. The lowest BCUT2D eigenvalue weighted by Gasteiger charge is -2.33. The van der Waals surface area contributed by atoms with Crippen LogP contribution in [0.5, 0.6) is 0 Å². The summed E-state index contributed by atoms with van der Waals surface area (Å²) in [7, 11) is 1.71. The highest BCUT2D eigenvalue weighted by atomic mass is 16.3. The fraction of sp³-hybridized carbons (Fsp3) is 0.875. The molecule has 11 heavy (non-hydrogen) atoms. The number of hydrogen-bond acceptors (Lipinski definition) is 2. The lowest BCUT2D eigenvalue weighted by molar-refractivity contribution is -0.135. The molecule has 0 bridgehead atoms. The van der Waals surface area contributed by atoms with Gasteiger partial charge in [-0.2, -0.15) is 0 Å². The molecule has 0 saturated heterocycles. The van der Waals surface area contributed by atoms with E-state index in [9.17, 15) is 4.79 Å². The predicted molar refractivity (Wildman–Crippen MR) is 44.2 cm³/mol. The Hall–Kier alpha value is -0.570. The standard InChI is InChI=1S/C8H17NO2/c1-5-7(11)9(4)8(2,3)6-10/h10H,5-6H2,1-4H3. The first-order valence-corrected chi connectivity index (χ1v) is 3.83. The molecule has 0 atom stereocenters. The van der Waals surface area contributed by atoms with Crippen molar-refractivity contribution in [2.45, 2.75) is 32.7 Å². The fourth-order valence-corrected chi connectivity index (χ4v) is 0.681. The molecule has 0 aliphatic carbocycles. The third kappa shape index (κ3) is 2.50. The van der Waals surface area contributed by atoms with E-state index in [1.54, 1.807) is 11.9 Å². The molecule has 0 fully saturated rings. The Morgan fingerprint density at radius 2 is 2.00 bits per heavy atom. The van der Waals surface area contributed by atoms with Gasteiger partial charge in [0.15, 0.2) is 0 Å². The van der Waals surface area contributed by atoms with Crippen LogP contribution in [0.3, 0.4) is 0 Å². The second-order valence-electron chi connectivity index (χ2n) is 3.28. The summed E-state index contributed by atoms with van der Waals surface area (Å²) in [6.45, 7) is 5.47. The van der Waals surface area contributed by atoms with E-state index in [1.165, 1.54) is 0 Å². The molecule has 0 unspecified atom stereocenters. The molecule has 0 rings (SSSR count). The zero-order valence-corrected chi connectivity index (χ0v) is 7.72. The van der Waals surface area contributed by atoms with Crippen molar-refractivity contribution in [3.8, 4) is 0 Å². The van der Waals surface area contributed by atoms with E-state index < -0.39 is 5.54 Å². The maximum absolute atomic E-state index is 11.1. The second-order valence-corrected chi connectivity index (χ2v) is 3.28. The molecule has 0 heterocycles. The van der Waals surface area contributed by atoms with Crippen LogP contribution in [0, 0.1) is 0 Å². The van der Waals surface area contributed by atoms with Crippen molar-refractivity contribution in [3.05, 3.63) is 0 Å². The van der Waals surface area contributed by atoms with E-state index in [0.717, 1.165) is 0 Å². The van der Waals surface area contributed by atoms with Crippen molar-refractivity contribution in [1.82, 2.24) is 4.90 Å². The zero-order valence-electron chi connectivity index (χ0n) is 7.72. The van der Waals surface area contributed by atoms with Crippen LogP contribution in [0.2, 0.25) is 0 Å². The van der Waals surface area contributed by atoms with E-state index in [2.05, 4.69) is 0 Å². The van der Waals surface area contributed by atoms with E-state index in [0.29, 0.717) is 6.42 Å². The Bertz CT molecular complexity index is 143. The lowest BCUT2D eigenvalue weighted by Crippen LogP contribution is -2.47. The van der Waals surface area contributed by atoms with E-state index in [-0.39, 0.29) is 12.5 Å². The Morgan fingerprint density at radius 1 is 1.55 bits per heavy atom. The summed E-state index contributed by atoms with van der Waals surface area (Å²) in [5.41, 5.74) is -0.437. The zero-order chi connectivity index (χ0) is 9.07. The van der Waals surface area contributed by atoms with Crippen LogP contribution in [0.15, 0.2) is 0 Å². The summed E-state index contributed by atoms with van der Waals surface area (Å²) < 4.78 is 0. The number of amides is 1. The minimum atomic E-state index is -0.437. The van der Waals surface area contributed by atoms with Gasteiger partial charge < -0.3 is 10.0 Å². The SMILES string of the molecule is CCC(=O)N(C)C(C)(C)CO. The van der Waals surface area contributed by atoms with Gasteiger partial charge in [-0.3, -0.25) is 4.79 Å². The molecule has 1 N–H and O–H groups in total. The van der Waals surface area contributed by atoms with Crippen molar-refractivity contribution >= 4 is 5.91 Å². The first kappa shape index (κ1) is 10.4. The molecule has 0 spiro atoms. The Kier molecular flexibility index (Phi) is 3.52.